The number of benzene rings is 1. The van der Waals surface area contributed by atoms with Crippen LogP contribution in [-0.2, 0) is 4.74 Å². The molecule has 0 saturated carbocycles. The summed E-state index contributed by atoms with van der Waals surface area (Å²) in [4.78, 5) is 10.9. The zero-order valence-electron chi connectivity index (χ0n) is 9.46. The fraction of sp³-hybridized carbons (Fsp3) is 0.273. The van der Waals surface area contributed by atoms with Gasteiger partial charge in [-0.2, -0.15) is 5.10 Å². The molecule has 0 atom stereocenters. The van der Waals surface area contributed by atoms with Crippen LogP contribution in [0.5, 0.6) is 0 Å². The first-order valence-electron chi connectivity index (χ1n) is 4.97. The predicted octanol–water partition coefficient (Wildman–Crippen LogP) is 2.43. The van der Waals surface area contributed by atoms with E-state index in [0.29, 0.717) is 0 Å². The molecule has 4 nitrogen and oxygen atoms in total. The first-order chi connectivity index (χ1) is 8.06. The summed E-state index contributed by atoms with van der Waals surface area (Å²) >= 11 is 0. The first kappa shape index (κ1) is 13.1. The van der Waals surface area contributed by atoms with Crippen LogP contribution >= 0.6 is 0 Å². The van der Waals surface area contributed by atoms with Crippen LogP contribution in [0.15, 0.2) is 23.3 Å². The number of hydrazone groups is 1. The maximum atomic E-state index is 13.3. The van der Waals surface area contributed by atoms with Crippen molar-refractivity contribution in [3.8, 4) is 0 Å². The number of hydrogen-bond acceptors (Lipinski definition) is 3. The number of ether oxygens (including phenoxy) is 1. The van der Waals surface area contributed by atoms with E-state index in [1.54, 1.807) is 6.92 Å². The lowest BCUT2D eigenvalue weighted by atomic mass is 10.1. The summed E-state index contributed by atoms with van der Waals surface area (Å²) in [6.45, 7) is 3.20. The summed E-state index contributed by atoms with van der Waals surface area (Å²) in [6.07, 6.45) is -0.774. The van der Waals surface area contributed by atoms with Crippen molar-refractivity contribution in [3.05, 3.63) is 35.4 Å². The molecule has 0 fully saturated rings. The Morgan fingerprint density at radius 2 is 2.00 bits per heavy atom. The van der Waals surface area contributed by atoms with Crippen molar-refractivity contribution in [2.75, 3.05) is 6.61 Å². The van der Waals surface area contributed by atoms with Crippen molar-refractivity contribution in [3.63, 3.8) is 0 Å². The highest BCUT2D eigenvalue weighted by atomic mass is 19.1. The van der Waals surface area contributed by atoms with Gasteiger partial charge in [0.1, 0.15) is 11.6 Å². The Morgan fingerprint density at radius 3 is 2.53 bits per heavy atom. The zero-order valence-corrected chi connectivity index (χ0v) is 9.46. The summed E-state index contributed by atoms with van der Waals surface area (Å²) in [6, 6.07) is 3.48. The topological polar surface area (TPSA) is 50.7 Å². The maximum Gasteiger partial charge on any atom is 0.427 e. The number of carbonyl (C=O) groups is 1. The summed E-state index contributed by atoms with van der Waals surface area (Å²) < 4.78 is 31.2. The van der Waals surface area contributed by atoms with Crippen LogP contribution in [-0.4, -0.2) is 18.4 Å². The molecule has 92 valence electrons. The molecule has 0 aliphatic carbocycles. The molecule has 1 N–H and O–H groups in total. The van der Waals surface area contributed by atoms with Gasteiger partial charge in [-0.1, -0.05) is 6.07 Å². The summed E-state index contributed by atoms with van der Waals surface area (Å²) in [5, 5.41) is 3.55. The summed E-state index contributed by atoms with van der Waals surface area (Å²) in [5.74, 6) is -1.48. The van der Waals surface area contributed by atoms with Crippen LogP contribution in [0, 0.1) is 11.6 Å². The molecule has 0 radical (unpaired) electrons. The minimum Gasteiger partial charge on any atom is -0.449 e. The van der Waals surface area contributed by atoms with E-state index in [1.807, 2.05) is 5.43 Å². The maximum absolute atomic E-state index is 13.3. The summed E-state index contributed by atoms with van der Waals surface area (Å²) in [5.41, 5.74) is 1.78. The fourth-order valence-electron chi connectivity index (χ4n) is 1.19. The average Bonchev–Trinajstić information content (AvgIpc) is 2.26. The predicted molar refractivity (Wildman–Crippen MR) is 58.7 cm³/mol. The second-order valence-corrected chi connectivity index (χ2v) is 3.13. The average molecular weight is 242 g/mol. The number of hydrogen-bond donors (Lipinski definition) is 1. The van der Waals surface area contributed by atoms with Crippen molar-refractivity contribution in [2.45, 2.75) is 13.8 Å². The van der Waals surface area contributed by atoms with Gasteiger partial charge in [-0.3, -0.25) is 0 Å². The van der Waals surface area contributed by atoms with Gasteiger partial charge in [0.15, 0.2) is 0 Å². The molecule has 0 saturated heterocycles. The highest BCUT2D eigenvalue weighted by Crippen LogP contribution is 2.12. The minimum absolute atomic E-state index is 0.0219. The molecule has 0 bridgehead atoms. The van der Waals surface area contributed by atoms with Gasteiger partial charge >= 0.3 is 6.09 Å². The third-order valence-corrected chi connectivity index (χ3v) is 1.91. The molecule has 1 aromatic carbocycles. The Hall–Kier alpha value is -1.98. The molecule has 0 aliphatic rings. The van der Waals surface area contributed by atoms with Crippen LogP contribution in [0.1, 0.15) is 19.4 Å². The van der Waals surface area contributed by atoms with Gasteiger partial charge in [-0.05, 0) is 26.0 Å². The number of amides is 1. The zero-order chi connectivity index (χ0) is 12.8. The lowest BCUT2D eigenvalue weighted by molar-refractivity contribution is 0.152. The minimum atomic E-state index is -0.774. The molecule has 0 unspecified atom stereocenters. The van der Waals surface area contributed by atoms with E-state index in [1.165, 1.54) is 13.0 Å². The molecule has 1 amide bonds. The van der Waals surface area contributed by atoms with Crippen LogP contribution in [0.2, 0.25) is 0 Å². The number of carbonyl (C=O) groups excluding carboxylic acids is 1. The lowest BCUT2D eigenvalue weighted by Gasteiger charge is -2.05. The lowest BCUT2D eigenvalue weighted by Crippen LogP contribution is -2.20. The molecule has 0 aromatic heterocycles. The van der Waals surface area contributed by atoms with E-state index in [4.69, 9.17) is 0 Å². The number of nitrogens with zero attached hydrogens (tertiary/aromatic N) is 1. The fourth-order valence-corrected chi connectivity index (χ4v) is 1.19. The van der Waals surface area contributed by atoms with Gasteiger partial charge in [0.25, 0.3) is 0 Å². The van der Waals surface area contributed by atoms with Crippen molar-refractivity contribution < 1.29 is 18.3 Å². The second-order valence-electron chi connectivity index (χ2n) is 3.13. The van der Waals surface area contributed by atoms with E-state index in [-0.39, 0.29) is 17.9 Å². The molecule has 1 rings (SSSR count). The van der Waals surface area contributed by atoms with Crippen molar-refractivity contribution in [2.24, 2.45) is 5.10 Å². The Kier molecular flexibility index (Phi) is 4.56. The van der Waals surface area contributed by atoms with Gasteiger partial charge in [0, 0.05) is 0 Å². The Balaban J connectivity index is 2.85. The Labute approximate surface area is 97.3 Å². The van der Waals surface area contributed by atoms with Crippen LogP contribution in [0.25, 0.3) is 0 Å². The van der Waals surface area contributed by atoms with Gasteiger partial charge in [0.05, 0.1) is 17.9 Å². The summed E-state index contributed by atoms with van der Waals surface area (Å²) in [7, 11) is 0. The largest absolute Gasteiger partial charge is 0.449 e. The van der Waals surface area contributed by atoms with Gasteiger partial charge in [-0.15, -0.1) is 0 Å². The molecule has 17 heavy (non-hydrogen) atoms. The standard InChI is InChI=1S/C11H12F2N2O2/c1-3-17-11(16)15-14-7(2)10-8(12)5-4-6-9(10)13/h4-6H,3H2,1-2H3,(H,15,16)/b14-7-. The number of nitrogens with one attached hydrogen (secondary N) is 1. The van der Waals surface area contributed by atoms with E-state index in [9.17, 15) is 13.6 Å². The monoisotopic (exact) mass is 242 g/mol. The third-order valence-electron chi connectivity index (χ3n) is 1.91. The molecule has 6 heteroatoms. The van der Waals surface area contributed by atoms with E-state index >= 15 is 0 Å². The molecular formula is C11H12F2N2O2. The Morgan fingerprint density at radius 1 is 1.41 bits per heavy atom. The Bertz CT molecular complexity index is 427. The van der Waals surface area contributed by atoms with Gasteiger partial charge in [-0.25, -0.2) is 19.0 Å². The normalized spacial score (nSPS) is 11.2. The highest BCUT2D eigenvalue weighted by Gasteiger charge is 2.11. The van der Waals surface area contributed by atoms with Gasteiger partial charge in [0.2, 0.25) is 0 Å². The van der Waals surface area contributed by atoms with E-state index in [0.717, 1.165) is 12.1 Å². The van der Waals surface area contributed by atoms with Crippen molar-refractivity contribution in [1.82, 2.24) is 5.43 Å². The van der Waals surface area contributed by atoms with Crippen LogP contribution in [0.4, 0.5) is 13.6 Å². The molecule has 0 heterocycles. The third kappa shape index (κ3) is 3.51. The van der Waals surface area contributed by atoms with Gasteiger partial charge < -0.3 is 4.74 Å². The van der Waals surface area contributed by atoms with E-state index < -0.39 is 17.7 Å². The SMILES string of the molecule is CCOC(=O)N/N=C(/C)c1c(F)cccc1F. The first-order valence-corrected chi connectivity index (χ1v) is 4.97. The number of rotatable bonds is 3. The smallest absolute Gasteiger partial charge is 0.427 e. The molecular weight excluding hydrogens is 230 g/mol. The molecule has 0 aliphatic heterocycles. The quantitative estimate of drug-likeness (QED) is 0.653. The van der Waals surface area contributed by atoms with Crippen LogP contribution < -0.4 is 5.43 Å². The molecule has 1 aromatic rings. The highest BCUT2D eigenvalue weighted by molar-refractivity contribution is 5.99. The van der Waals surface area contributed by atoms with Crippen molar-refractivity contribution in [1.29, 1.82) is 0 Å². The van der Waals surface area contributed by atoms with Crippen LogP contribution in [0.3, 0.4) is 0 Å². The molecule has 0 spiro atoms. The van der Waals surface area contributed by atoms with Crippen molar-refractivity contribution >= 4 is 11.8 Å². The van der Waals surface area contributed by atoms with E-state index in [2.05, 4.69) is 9.84 Å². The number of halogens is 2. The second kappa shape index (κ2) is 5.93.